The van der Waals surface area contributed by atoms with Crippen LogP contribution in [0.3, 0.4) is 0 Å². The van der Waals surface area contributed by atoms with Gasteiger partial charge in [0.05, 0.1) is 17.6 Å². The number of aromatic amines is 2. The van der Waals surface area contributed by atoms with E-state index in [1.807, 2.05) is 25.1 Å². The molecule has 0 aliphatic carbocycles. The minimum atomic E-state index is -0.501. The number of imidazole rings is 1. The summed E-state index contributed by atoms with van der Waals surface area (Å²) in [4.78, 5) is 40.2. The number of aromatic nitrogens is 4. The molecule has 0 spiro atoms. The van der Waals surface area contributed by atoms with Gasteiger partial charge < -0.3 is 14.9 Å². The molecule has 7 heteroatoms. The Kier molecular flexibility index (Phi) is 4.88. The first-order chi connectivity index (χ1) is 12.3. The van der Waals surface area contributed by atoms with Crippen molar-refractivity contribution in [3.8, 4) is 0 Å². The van der Waals surface area contributed by atoms with Crippen LogP contribution in [0.4, 0.5) is 0 Å². The zero-order valence-corrected chi connectivity index (χ0v) is 15.5. The third kappa shape index (κ3) is 3.99. The number of aryl methyl sites for hydroxylation is 1. The molecular formula is C19H23N5O2. The van der Waals surface area contributed by atoms with E-state index in [-0.39, 0.29) is 11.6 Å². The first-order valence-electron chi connectivity index (χ1n) is 8.63. The van der Waals surface area contributed by atoms with Gasteiger partial charge in [0.2, 0.25) is 0 Å². The summed E-state index contributed by atoms with van der Waals surface area (Å²) in [5, 5.41) is 0. The maximum absolute atomic E-state index is 12.7. The third-order valence-electron chi connectivity index (χ3n) is 4.07. The summed E-state index contributed by atoms with van der Waals surface area (Å²) >= 11 is 0. The number of carbonyl (C=O) groups excluding carboxylic acids is 1. The molecule has 0 fully saturated rings. The first-order valence-corrected chi connectivity index (χ1v) is 8.63. The van der Waals surface area contributed by atoms with Crippen molar-refractivity contribution in [2.75, 3.05) is 7.05 Å². The molecule has 0 bridgehead atoms. The predicted octanol–water partition coefficient (Wildman–Crippen LogP) is 2.43. The summed E-state index contributed by atoms with van der Waals surface area (Å²) in [6.07, 6.45) is 0.685. The van der Waals surface area contributed by atoms with Crippen LogP contribution >= 0.6 is 0 Å². The van der Waals surface area contributed by atoms with Gasteiger partial charge in [-0.2, -0.15) is 4.98 Å². The zero-order chi connectivity index (χ0) is 18.8. The van der Waals surface area contributed by atoms with Gasteiger partial charge in [0, 0.05) is 12.7 Å². The highest BCUT2D eigenvalue weighted by atomic mass is 16.2. The summed E-state index contributed by atoms with van der Waals surface area (Å²) in [5.74, 6) is 0.749. The van der Waals surface area contributed by atoms with Crippen molar-refractivity contribution in [3.63, 3.8) is 0 Å². The van der Waals surface area contributed by atoms with E-state index in [4.69, 9.17) is 0 Å². The number of nitrogens with zero attached hydrogens (tertiary/aromatic N) is 3. The SMILES string of the molecule is Cc1ccc2nc(CN(C)C(=O)c3cc(CC(C)C)[nH]c(=O)n3)[nH]c2c1. The molecule has 2 aromatic heterocycles. The second-order valence-corrected chi connectivity index (χ2v) is 7.06. The van der Waals surface area contributed by atoms with Crippen molar-refractivity contribution < 1.29 is 4.79 Å². The minimum Gasteiger partial charge on any atom is -0.340 e. The number of rotatable bonds is 5. The van der Waals surface area contributed by atoms with E-state index in [0.717, 1.165) is 22.3 Å². The van der Waals surface area contributed by atoms with Gasteiger partial charge in [-0.05, 0) is 43.0 Å². The lowest BCUT2D eigenvalue weighted by Gasteiger charge is -2.15. The lowest BCUT2D eigenvalue weighted by atomic mass is 10.1. The molecule has 0 aliphatic heterocycles. The molecule has 26 heavy (non-hydrogen) atoms. The Labute approximate surface area is 151 Å². The molecule has 136 valence electrons. The first kappa shape index (κ1) is 17.8. The van der Waals surface area contributed by atoms with E-state index in [9.17, 15) is 9.59 Å². The van der Waals surface area contributed by atoms with E-state index in [2.05, 4.69) is 33.8 Å². The Morgan fingerprint density at radius 2 is 1.96 bits per heavy atom. The van der Waals surface area contributed by atoms with E-state index >= 15 is 0 Å². The Morgan fingerprint density at radius 1 is 1.19 bits per heavy atom. The average molecular weight is 353 g/mol. The fraction of sp³-hybridized carbons (Fsp3) is 0.368. The van der Waals surface area contributed by atoms with Crippen molar-refractivity contribution >= 4 is 16.9 Å². The summed E-state index contributed by atoms with van der Waals surface area (Å²) < 4.78 is 0. The van der Waals surface area contributed by atoms with Gasteiger partial charge in [-0.15, -0.1) is 0 Å². The summed E-state index contributed by atoms with van der Waals surface area (Å²) in [5.41, 5.74) is 3.31. The van der Waals surface area contributed by atoms with Gasteiger partial charge in [0.15, 0.2) is 0 Å². The van der Waals surface area contributed by atoms with Gasteiger partial charge in [-0.3, -0.25) is 4.79 Å². The van der Waals surface area contributed by atoms with E-state index in [1.54, 1.807) is 13.1 Å². The number of carbonyl (C=O) groups is 1. The molecule has 3 aromatic rings. The Hall–Kier alpha value is -2.96. The number of benzene rings is 1. The fourth-order valence-corrected chi connectivity index (χ4v) is 2.91. The summed E-state index contributed by atoms with van der Waals surface area (Å²) in [7, 11) is 1.67. The number of amides is 1. The molecule has 0 unspecified atom stereocenters. The van der Waals surface area contributed by atoms with Gasteiger partial charge in [-0.25, -0.2) is 9.78 Å². The van der Waals surface area contributed by atoms with Crippen LogP contribution < -0.4 is 5.69 Å². The highest BCUT2D eigenvalue weighted by Gasteiger charge is 2.17. The fourth-order valence-electron chi connectivity index (χ4n) is 2.91. The van der Waals surface area contributed by atoms with Crippen molar-refractivity contribution in [1.29, 1.82) is 0 Å². The molecule has 0 radical (unpaired) electrons. The van der Waals surface area contributed by atoms with Crippen molar-refractivity contribution in [1.82, 2.24) is 24.8 Å². The van der Waals surface area contributed by atoms with Crippen LogP contribution in [0.15, 0.2) is 29.1 Å². The van der Waals surface area contributed by atoms with Gasteiger partial charge >= 0.3 is 5.69 Å². The number of hydrogen-bond acceptors (Lipinski definition) is 4. The predicted molar refractivity (Wildman–Crippen MR) is 100 cm³/mol. The third-order valence-corrected chi connectivity index (χ3v) is 4.07. The monoisotopic (exact) mass is 353 g/mol. The second kappa shape index (κ2) is 7.11. The van der Waals surface area contributed by atoms with E-state index < -0.39 is 5.69 Å². The number of H-pyrrole nitrogens is 2. The quantitative estimate of drug-likeness (QED) is 0.736. The van der Waals surface area contributed by atoms with Gasteiger partial charge in [-0.1, -0.05) is 19.9 Å². The minimum absolute atomic E-state index is 0.152. The number of nitrogens with one attached hydrogen (secondary N) is 2. The van der Waals surface area contributed by atoms with Gasteiger partial charge in [0.1, 0.15) is 11.5 Å². The Morgan fingerprint density at radius 3 is 2.69 bits per heavy atom. The van der Waals surface area contributed by atoms with Crippen LogP contribution in [0.25, 0.3) is 11.0 Å². The molecule has 3 rings (SSSR count). The summed E-state index contributed by atoms with van der Waals surface area (Å²) in [6, 6.07) is 7.62. The van der Waals surface area contributed by atoms with Crippen LogP contribution in [0.5, 0.6) is 0 Å². The Bertz CT molecular complexity index is 1000. The molecule has 1 aromatic carbocycles. The lowest BCUT2D eigenvalue weighted by Crippen LogP contribution is -2.30. The number of fused-ring (bicyclic) bond motifs is 1. The van der Waals surface area contributed by atoms with Crippen LogP contribution in [0.2, 0.25) is 0 Å². The van der Waals surface area contributed by atoms with Gasteiger partial charge in [0.25, 0.3) is 5.91 Å². The maximum atomic E-state index is 12.7. The maximum Gasteiger partial charge on any atom is 0.345 e. The van der Waals surface area contributed by atoms with Crippen LogP contribution in [-0.4, -0.2) is 37.8 Å². The van der Waals surface area contributed by atoms with Crippen LogP contribution in [0, 0.1) is 12.8 Å². The molecule has 0 saturated heterocycles. The normalized spacial score (nSPS) is 11.3. The van der Waals surface area contributed by atoms with Crippen molar-refractivity contribution in [3.05, 3.63) is 57.5 Å². The second-order valence-electron chi connectivity index (χ2n) is 7.06. The molecule has 2 N–H and O–H groups in total. The zero-order valence-electron chi connectivity index (χ0n) is 15.5. The van der Waals surface area contributed by atoms with E-state index in [1.165, 1.54) is 4.90 Å². The molecule has 0 atom stereocenters. The molecule has 0 aliphatic rings. The standard InChI is InChI=1S/C19H23N5O2/c1-11(2)7-13-9-16(23-19(26)20-13)18(25)24(4)10-17-21-14-6-5-12(3)8-15(14)22-17/h5-6,8-9,11H,7,10H2,1-4H3,(H,21,22)(H,20,23,26). The van der Waals surface area contributed by atoms with Crippen LogP contribution in [-0.2, 0) is 13.0 Å². The topological polar surface area (TPSA) is 94.7 Å². The number of hydrogen-bond donors (Lipinski definition) is 2. The molecule has 2 heterocycles. The lowest BCUT2D eigenvalue weighted by molar-refractivity contribution is 0.0775. The van der Waals surface area contributed by atoms with Crippen molar-refractivity contribution in [2.45, 2.75) is 33.7 Å². The molecule has 7 nitrogen and oxygen atoms in total. The molecular weight excluding hydrogens is 330 g/mol. The van der Waals surface area contributed by atoms with E-state index in [0.29, 0.717) is 24.7 Å². The largest absolute Gasteiger partial charge is 0.345 e. The summed E-state index contributed by atoms with van der Waals surface area (Å²) in [6.45, 7) is 6.43. The Balaban J connectivity index is 1.80. The molecule has 0 saturated carbocycles. The van der Waals surface area contributed by atoms with Crippen molar-refractivity contribution in [2.24, 2.45) is 5.92 Å². The van der Waals surface area contributed by atoms with Crippen LogP contribution in [0.1, 0.15) is 41.4 Å². The highest BCUT2D eigenvalue weighted by molar-refractivity contribution is 5.92. The molecule has 1 amide bonds. The smallest absolute Gasteiger partial charge is 0.340 e. The average Bonchev–Trinajstić information content (AvgIpc) is 2.94. The highest BCUT2D eigenvalue weighted by Crippen LogP contribution is 2.14.